The normalized spacial score (nSPS) is 13.9. The Kier molecular flexibility index (Phi) is 2.80. The molecule has 1 aliphatic rings. The monoisotopic (exact) mass is 257 g/mol. The van der Waals surface area contributed by atoms with Crippen molar-refractivity contribution in [2.75, 3.05) is 6.54 Å². The molecule has 0 amide bonds. The van der Waals surface area contributed by atoms with Gasteiger partial charge in [-0.25, -0.2) is 0 Å². The number of hydrogen-bond acceptors (Lipinski definition) is 2. The molecule has 1 N–H and O–H groups in total. The number of hydrogen-bond donors (Lipinski definition) is 1. The predicted octanol–water partition coefficient (Wildman–Crippen LogP) is 3.44. The molecule has 1 aliphatic heterocycles. The minimum atomic E-state index is 0.247. The lowest BCUT2D eigenvalue weighted by atomic mass is 9.92. The zero-order chi connectivity index (χ0) is 12.5. The Hall–Kier alpha value is -1.80. The highest BCUT2D eigenvalue weighted by atomic mass is 35.5. The molecule has 0 unspecified atom stereocenters. The maximum atomic E-state index is 10.1. The smallest absolute Gasteiger partial charge is 0.125 e. The van der Waals surface area contributed by atoms with E-state index in [1.165, 1.54) is 0 Å². The fourth-order valence-electron chi connectivity index (χ4n) is 2.31. The number of phenolic OH excluding ortho intramolecular Hbond substituents is 1. The molecule has 0 radical (unpaired) electrons. The lowest BCUT2D eigenvalue weighted by Crippen LogP contribution is -2.14. The van der Waals surface area contributed by atoms with Crippen LogP contribution in [0.4, 0.5) is 0 Å². The van der Waals surface area contributed by atoms with Gasteiger partial charge in [0.15, 0.2) is 0 Å². The first-order valence-corrected chi connectivity index (χ1v) is 6.26. The highest BCUT2D eigenvalue weighted by Crippen LogP contribution is 2.33. The van der Waals surface area contributed by atoms with Gasteiger partial charge in [0.1, 0.15) is 5.75 Å². The van der Waals surface area contributed by atoms with Crippen LogP contribution in [0.1, 0.15) is 16.7 Å². The van der Waals surface area contributed by atoms with E-state index in [0.29, 0.717) is 11.6 Å². The average Bonchev–Trinajstić information content (AvgIpc) is 2.43. The van der Waals surface area contributed by atoms with E-state index in [0.717, 1.165) is 28.8 Å². The van der Waals surface area contributed by atoms with E-state index < -0.39 is 0 Å². The molecule has 3 heteroatoms. The molecule has 0 aliphatic carbocycles. The van der Waals surface area contributed by atoms with Crippen LogP contribution in [0.5, 0.6) is 5.75 Å². The second kappa shape index (κ2) is 4.46. The molecular weight excluding hydrogens is 246 g/mol. The summed E-state index contributed by atoms with van der Waals surface area (Å²) in [6, 6.07) is 13.3. The topological polar surface area (TPSA) is 32.6 Å². The predicted molar refractivity (Wildman–Crippen MR) is 73.8 cm³/mol. The van der Waals surface area contributed by atoms with Crippen LogP contribution in [0, 0.1) is 0 Å². The van der Waals surface area contributed by atoms with Gasteiger partial charge in [-0.3, -0.25) is 4.99 Å². The van der Waals surface area contributed by atoms with Gasteiger partial charge in [-0.1, -0.05) is 41.9 Å². The minimum Gasteiger partial charge on any atom is -0.507 e. The fourth-order valence-corrected chi connectivity index (χ4v) is 2.56. The largest absolute Gasteiger partial charge is 0.507 e. The molecule has 1 heterocycles. The van der Waals surface area contributed by atoms with Crippen molar-refractivity contribution in [1.82, 2.24) is 0 Å². The highest BCUT2D eigenvalue weighted by molar-refractivity contribution is 6.32. The molecule has 2 aromatic carbocycles. The van der Waals surface area contributed by atoms with Crippen LogP contribution in [0.3, 0.4) is 0 Å². The number of nitrogens with zero attached hydrogens (tertiary/aromatic N) is 1. The van der Waals surface area contributed by atoms with E-state index in [-0.39, 0.29) is 5.75 Å². The summed E-state index contributed by atoms with van der Waals surface area (Å²) in [5, 5.41) is 10.8. The van der Waals surface area contributed by atoms with Crippen molar-refractivity contribution in [3.05, 3.63) is 64.2 Å². The van der Waals surface area contributed by atoms with Crippen LogP contribution in [-0.2, 0) is 6.42 Å². The molecule has 18 heavy (non-hydrogen) atoms. The molecule has 0 saturated carbocycles. The van der Waals surface area contributed by atoms with Crippen molar-refractivity contribution < 1.29 is 5.11 Å². The van der Waals surface area contributed by atoms with Gasteiger partial charge >= 0.3 is 0 Å². The van der Waals surface area contributed by atoms with Crippen LogP contribution in [0.25, 0.3) is 0 Å². The number of halogens is 1. The molecule has 90 valence electrons. The van der Waals surface area contributed by atoms with Gasteiger partial charge in [0.2, 0.25) is 0 Å². The molecule has 2 nitrogen and oxygen atoms in total. The van der Waals surface area contributed by atoms with E-state index in [4.69, 9.17) is 11.6 Å². The summed E-state index contributed by atoms with van der Waals surface area (Å²) in [6.45, 7) is 0.709. The SMILES string of the molecule is Oc1ccc(Cl)c2c1C(c1ccccc1)=NCC2. The van der Waals surface area contributed by atoms with Crippen molar-refractivity contribution in [1.29, 1.82) is 0 Å². The average molecular weight is 258 g/mol. The summed E-state index contributed by atoms with van der Waals surface area (Å²) >= 11 is 6.20. The Balaban J connectivity index is 2.22. The van der Waals surface area contributed by atoms with Gasteiger partial charge in [-0.2, -0.15) is 0 Å². The summed E-state index contributed by atoms with van der Waals surface area (Å²) < 4.78 is 0. The number of aliphatic imine (C=N–C) groups is 1. The quantitative estimate of drug-likeness (QED) is 0.834. The number of aromatic hydroxyl groups is 1. The Bertz CT molecular complexity index is 620. The molecule has 0 saturated heterocycles. The molecule has 3 rings (SSSR count). The van der Waals surface area contributed by atoms with E-state index in [1.807, 2.05) is 30.3 Å². The van der Waals surface area contributed by atoms with Gasteiger partial charge in [0.25, 0.3) is 0 Å². The molecule has 0 fully saturated rings. The zero-order valence-corrected chi connectivity index (χ0v) is 10.5. The summed E-state index contributed by atoms with van der Waals surface area (Å²) in [7, 11) is 0. The van der Waals surface area contributed by atoms with Gasteiger partial charge in [-0.05, 0) is 24.1 Å². The van der Waals surface area contributed by atoms with Crippen molar-refractivity contribution in [2.45, 2.75) is 6.42 Å². The Morgan fingerprint density at radius 3 is 2.61 bits per heavy atom. The molecule has 2 aromatic rings. The molecule has 0 spiro atoms. The lowest BCUT2D eigenvalue weighted by Gasteiger charge is -2.19. The third-order valence-electron chi connectivity index (χ3n) is 3.15. The van der Waals surface area contributed by atoms with Crippen molar-refractivity contribution >= 4 is 17.3 Å². The summed E-state index contributed by atoms with van der Waals surface area (Å²) in [4.78, 5) is 4.54. The Labute approximate surface area is 111 Å². The standard InChI is InChI=1S/C15H12ClNO/c16-12-6-7-13(18)14-11(12)8-9-17-15(14)10-4-2-1-3-5-10/h1-7,18H,8-9H2. The van der Waals surface area contributed by atoms with Crippen LogP contribution < -0.4 is 0 Å². The van der Waals surface area contributed by atoms with Gasteiger partial charge in [0.05, 0.1) is 5.71 Å². The van der Waals surface area contributed by atoms with Crippen LogP contribution in [-0.4, -0.2) is 17.4 Å². The first-order chi connectivity index (χ1) is 8.77. The van der Waals surface area contributed by atoms with Crippen LogP contribution in [0.2, 0.25) is 5.02 Å². The molecular formula is C15H12ClNO. The minimum absolute atomic E-state index is 0.247. The van der Waals surface area contributed by atoms with Crippen molar-refractivity contribution in [3.8, 4) is 5.75 Å². The number of fused-ring (bicyclic) bond motifs is 1. The maximum Gasteiger partial charge on any atom is 0.125 e. The second-order valence-corrected chi connectivity index (χ2v) is 4.67. The van der Waals surface area contributed by atoms with Crippen LogP contribution >= 0.6 is 11.6 Å². The van der Waals surface area contributed by atoms with Gasteiger partial charge in [-0.15, -0.1) is 0 Å². The number of phenols is 1. The van der Waals surface area contributed by atoms with E-state index in [1.54, 1.807) is 12.1 Å². The van der Waals surface area contributed by atoms with E-state index >= 15 is 0 Å². The maximum absolute atomic E-state index is 10.1. The lowest BCUT2D eigenvalue weighted by molar-refractivity contribution is 0.473. The van der Waals surface area contributed by atoms with Gasteiger partial charge in [0, 0.05) is 22.7 Å². The second-order valence-electron chi connectivity index (χ2n) is 4.27. The summed E-state index contributed by atoms with van der Waals surface area (Å²) in [5.41, 5.74) is 3.61. The van der Waals surface area contributed by atoms with E-state index in [2.05, 4.69) is 4.99 Å². The third-order valence-corrected chi connectivity index (χ3v) is 3.50. The Morgan fingerprint density at radius 2 is 1.83 bits per heavy atom. The fraction of sp³-hybridized carbons (Fsp3) is 0.133. The highest BCUT2D eigenvalue weighted by Gasteiger charge is 2.21. The van der Waals surface area contributed by atoms with Gasteiger partial charge < -0.3 is 5.11 Å². The first-order valence-electron chi connectivity index (χ1n) is 5.88. The zero-order valence-electron chi connectivity index (χ0n) is 9.73. The number of rotatable bonds is 1. The third kappa shape index (κ3) is 1.79. The first kappa shape index (κ1) is 11.3. The van der Waals surface area contributed by atoms with Crippen LogP contribution in [0.15, 0.2) is 47.5 Å². The Morgan fingerprint density at radius 1 is 1.06 bits per heavy atom. The summed E-state index contributed by atoms with van der Waals surface area (Å²) in [5.74, 6) is 0.247. The molecule has 0 bridgehead atoms. The molecule has 0 aromatic heterocycles. The van der Waals surface area contributed by atoms with E-state index in [9.17, 15) is 5.11 Å². The summed E-state index contributed by atoms with van der Waals surface area (Å²) in [6.07, 6.45) is 0.777. The van der Waals surface area contributed by atoms with Crippen molar-refractivity contribution in [3.63, 3.8) is 0 Å². The number of benzene rings is 2. The molecule has 0 atom stereocenters. The van der Waals surface area contributed by atoms with Crippen molar-refractivity contribution in [2.24, 2.45) is 4.99 Å².